The van der Waals surface area contributed by atoms with E-state index in [2.05, 4.69) is 35.9 Å². The zero-order valence-corrected chi connectivity index (χ0v) is 13.2. The summed E-state index contributed by atoms with van der Waals surface area (Å²) in [4.78, 5) is 13.2. The van der Waals surface area contributed by atoms with E-state index in [0.29, 0.717) is 11.7 Å². The molecule has 1 fully saturated rings. The van der Waals surface area contributed by atoms with E-state index in [1.807, 2.05) is 6.07 Å². The third-order valence-electron chi connectivity index (χ3n) is 3.29. The lowest BCUT2D eigenvalue weighted by molar-refractivity contribution is -0.119. The summed E-state index contributed by atoms with van der Waals surface area (Å²) in [7, 11) is 0. The highest BCUT2D eigenvalue weighted by Gasteiger charge is 2.20. The summed E-state index contributed by atoms with van der Waals surface area (Å²) < 4.78 is 0. The second-order valence-corrected chi connectivity index (χ2v) is 7.35. The normalized spacial score (nSPS) is 17.2. The van der Waals surface area contributed by atoms with Crippen LogP contribution in [-0.2, 0) is 4.79 Å². The average molecular weight is 298 g/mol. The molecule has 0 aliphatic carbocycles. The van der Waals surface area contributed by atoms with Gasteiger partial charge in [-0.3, -0.25) is 4.79 Å². The van der Waals surface area contributed by atoms with Crippen molar-refractivity contribution in [1.29, 1.82) is 0 Å². The fourth-order valence-corrected chi connectivity index (χ4v) is 3.94. The highest BCUT2D eigenvalue weighted by atomic mass is 32.2. The SMILES string of the molecule is CC(C)C(NC(=O)CSCC1CNC1)c1cccs1. The fourth-order valence-electron chi connectivity index (χ4n) is 2.03. The molecule has 0 aromatic carbocycles. The van der Waals surface area contributed by atoms with Gasteiger partial charge < -0.3 is 10.6 Å². The highest BCUT2D eigenvalue weighted by Crippen LogP contribution is 2.25. The number of hydrogen-bond donors (Lipinski definition) is 2. The Bertz CT molecular complexity index is 388. The van der Waals surface area contributed by atoms with Gasteiger partial charge in [0.25, 0.3) is 0 Å². The number of carbonyl (C=O) groups is 1. The summed E-state index contributed by atoms with van der Waals surface area (Å²) in [5.74, 6) is 3.00. The van der Waals surface area contributed by atoms with Gasteiger partial charge in [-0.15, -0.1) is 11.3 Å². The van der Waals surface area contributed by atoms with Crippen LogP contribution in [0, 0.1) is 11.8 Å². The third-order valence-corrected chi connectivity index (χ3v) is 5.41. The zero-order valence-electron chi connectivity index (χ0n) is 11.5. The number of amides is 1. The van der Waals surface area contributed by atoms with E-state index in [9.17, 15) is 4.79 Å². The predicted molar refractivity (Wildman–Crippen MR) is 83.7 cm³/mol. The summed E-state index contributed by atoms with van der Waals surface area (Å²) in [5, 5.41) is 8.48. The highest BCUT2D eigenvalue weighted by molar-refractivity contribution is 7.99. The molecule has 1 saturated heterocycles. The lowest BCUT2D eigenvalue weighted by Gasteiger charge is -2.26. The molecule has 0 bridgehead atoms. The molecule has 3 nitrogen and oxygen atoms in total. The Kier molecular flexibility index (Phi) is 5.73. The molecule has 1 amide bonds. The monoisotopic (exact) mass is 298 g/mol. The number of nitrogens with one attached hydrogen (secondary N) is 2. The summed E-state index contributed by atoms with van der Waals surface area (Å²) in [6.45, 7) is 6.52. The molecule has 19 heavy (non-hydrogen) atoms. The van der Waals surface area contributed by atoms with Gasteiger partial charge in [0, 0.05) is 4.88 Å². The first-order chi connectivity index (χ1) is 9.16. The van der Waals surface area contributed by atoms with Gasteiger partial charge in [0.15, 0.2) is 0 Å². The van der Waals surface area contributed by atoms with Crippen LogP contribution in [0.25, 0.3) is 0 Å². The lowest BCUT2D eigenvalue weighted by atomic mass is 10.0. The number of thioether (sulfide) groups is 1. The maximum absolute atomic E-state index is 12.0. The Balaban J connectivity index is 1.75. The third kappa shape index (κ3) is 4.51. The van der Waals surface area contributed by atoms with Crippen molar-refractivity contribution in [3.05, 3.63) is 22.4 Å². The van der Waals surface area contributed by atoms with E-state index >= 15 is 0 Å². The smallest absolute Gasteiger partial charge is 0.230 e. The van der Waals surface area contributed by atoms with Crippen molar-refractivity contribution in [2.24, 2.45) is 11.8 Å². The molecule has 1 unspecified atom stereocenters. The summed E-state index contributed by atoms with van der Waals surface area (Å²) in [6, 6.07) is 4.29. The maximum Gasteiger partial charge on any atom is 0.230 e. The molecule has 2 N–H and O–H groups in total. The van der Waals surface area contributed by atoms with Crippen molar-refractivity contribution in [3.8, 4) is 0 Å². The minimum absolute atomic E-state index is 0.151. The largest absolute Gasteiger partial charge is 0.348 e. The number of thiophene rings is 1. The Morgan fingerprint density at radius 2 is 2.37 bits per heavy atom. The lowest BCUT2D eigenvalue weighted by Crippen LogP contribution is -2.43. The van der Waals surface area contributed by atoms with Crippen LogP contribution in [-0.4, -0.2) is 30.5 Å². The van der Waals surface area contributed by atoms with Crippen LogP contribution < -0.4 is 10.6 Å². The first-order valence-corrected chi connectivity index (χ1v) is 8.81. The topological polar surface area (TPSA) is 41.1 Å². The van der Waals surface area contributed by atoms with Gasteiger partial charge in [0.1, 0.15) is 0 Å². The number of rotatable bonds is 7. The molecule has 2 rings (SSSR count). The predicted octanol–water partition coefficient (Wildman–Crippen LogP) is 2.51. The molecule has 1 aromatic rings. The molecular weight excluding hydrogens is 276 g/mol. The molecule has 1 aromatic heterocycles. The first-order valence-electron chi connectivity index (χ1n) is 6.78. The molecule has 1 aliphatic rings. The quantitative estimate of drug-likeness (QED) is 0.813. The standard InChI is InChI=1S/C14H22N2OS2/c1-10(2)14(12-4-3-5-19-12)16-13(17)9-18-8-11-6-15-7-11/h3-5,10-11,14-15H,6-9H2,1-2H3,(H,16,17). The zero-order chi connectivity index (χ0) is 13.7. The van der Waals surface area contributed by atoms with Gasteiger partial charge in [-0.2, -0.15) is 11.8 Å². The van der Waals surface area contributed by atoms with Gasteiger partial charge in [0.05, 0.1) is 11.8 Å². The van der Waals surface area contributed by atoms with Gasteiger partial charge in [-0.05, 0) is 42.1 Å². The molecule has 0 radical (unpaired) electrons. The van der Waals surface area contributed by atoms with Crippen LogP contribution >= 0.6 is 23.1 Å². The van der Waals surface area contributed by atoms with Crippen molar-refractivity contribution < 1.29 is 4.79 Å². The van der Waals surface area contributed by atoms with Crippen LogP contribution in [0.4, 0.5) is 0 Å². The molecule has 0 spiro atoms. The van der Waals surface area contributed by atoms with Crippen molar-refractivity contribution in [1.82, 2.24) is 10.6 Å². The van der Waals surface area contributed by atoms with E-state index in [0.717, 1.165) is 24.8 Å². The molecule has 1 aliphatic heterocycles. The van der Waals surface area contributed by atoms with Crippen molar-refractivity contribution >= 4 is 29.0 Å². The molecule has 1 atom stereocenters. The van der Waals surface area contributed by atoms with Crippen molar-refractivity contribution in [3.63, 3.8) is 0 Å². The van der Waals surface area contributed by atoms with Crippen LogP contribution in [0.15, 0.2) is 17.5 Å². The van der Waals surface area contributed by atoms with E-state index in [1.165, 1.54) is 4.88 Å². The van der Waals surface area contributed by atoms with Crippen molar-refractivity contribution in [2.45, 2.75) is 19.9 Å². The minimum Gasteiger partial charge on any atom is -0.348 e. The van der Waals surface area contributed by atoms with Gasteiger partial charge in [-0.25, -0.2) is 0 Å². The molecule has 106 valence electrons. The average Bonchev–Trinajstić information content (AvgIpc) is 2.82. The van der Waals surface area contributed by atoms with Crippen LogP contribution in [0.5, 0.6) is 0 Å². The Labute approximate surface area is 123 Å². The van der Waals surface area contributed by atoms with Crippen molar-refractivity contribution in [2.75, 3.05) is 24.6 Å². The Morgan fingerprint density at radius 3 is 2.89 bits per heavy atom. The maximum atomic E-state index is 12.0. The Hall–Kier alpha value is -0.520. The van der Waals surface area contributed by atoms with Gasteiger partial charge >= 0.3 is 0 Å². The van der Waals surface area contributed by atoms with E-state index in [4.69, 9.17) is 0 Å². The fraction of sp³-hybridized carbons (Fsp3) is 0.643. The first kappa shape index (κ1) is 14.9. The molecular formula is C14H22N2OS2. The second-order valence-electron chi connectivity index (χ2n) is 5.34. The van der Waals surface area contributed by atoms with Crippen LogP contribution in [0.1, 0.15) is 24.8 Å². The van der Waals surface area contributed by atoms with E-state index < -0.39 is 0 Å². The van der Waals surface area contributed by atoms with Gasteiger partial charge in [-0.1, -0.05) is 19.9 Å². The summed E-state index contributed by atoms with van der Waals surface area (Å²) in [6.07, 6.45) is 0. The summed E-state index contributed by atoms with van der Waals surface area (Å²) in [5.41, 5.74) is 0. The summed E-state index contributed by atoms with van der Waals surface area (Å²) >= 11 is 3.46. The van der Waals surface area contributed by atoms with E-state index in [-0.39, 0.29) is 11.9 Å². The second kappa shape index (κ2) is 7.31. The van der Waals surface area contributed by atoms with Crippen LogP contribution in [0.2, 0.25) is 0 Å². The molecule has 0 saturated carbocycles. The minimum atomic E-state index is 0.151. The van der Waals surface area contributed by atoms with Gasteiger partial charge in [0.2, 0.25) is 5.91 Å². The molecule has 5 heteroatoms. The Morgan fingerprint density at radius 1 is 1.58 bits per heavy atom. The van der Waals surface area contributed by atoms with Crippen LogP contribution in [0.3, 0.4) is 0 Å². The van der Waals surface area contributed by atoms with E-state index in [1.54, 1.807) is 23.1 Å². The number of carbonyl (C=O) groups excluding carboxylic acids is 1. The number of hydrogen-bond acceptors (Lipinski definition) is 4. The molecule has 2 heterocycles.